The number of Topliss-reactive ketones (excluding diaryl/α,β-unsaturated/α-hetero) is 1. The first-order valence-corrected chi connectivity index (χ1v) is 11.2. The van der Waals surface area contributed by atoms with E-state index in [1.54, 1.807) is 6.92 Å². The first-order valence-electron chi connectivity index (χ1n) is 11.2. The van der Waals surface area contributed by atoms with Crippen LogP contribution < -0.4 is 5.32 Å². The van der Waals surface area contributed by atoms with Gasteiger partial charge in [-0.1, -0.05) is 26.0 Å². The number of hydrogen-bond acceptors (Lipinski definition) is 5. The van der Waals surface area contributed by atoms with Gasteiger partial charge in [0, 0.05) is 35.9 Å². The molecule has 2 aliphatic heterocycles. The highest BCUT2D eigenvalue weighted by Gasteiger charge is 2.43. The number of carbonyl (C=O) groups excluding carboxylic acids is 2. The summed E-state index contributed by atoms with van der Waals surface area (Å²) in [7, 11) is 0. The third-order valence-electron chi connectivity index (χ3n) is 6.46. The number of nitrogens with one attached hydrogen (secondary N) is 1. The summed E-state index contributed by atoms with van der Waals surface area (Å²) in [5.74, 6) is -1.50. The molecular formula is C25H28F3NO4. The fourth-order valence-electron chi connectivity index (χ4n) is 4.93. The maximum Gasteiger partial charge on any atom is 0.416 e. The Morgan fingerprint density at radius 3 is 2.52 bits per heavy atom. The summed E-state index contributed by atoms with van der Waals surface area (Å²) in [6, 6.07) is 4.66. The van der Waals surface area contributed by atoms with Gasteiger partial charge in [-0.05, 0) is 49.3 Å². The topological polar surface area (TPSA) is 64.6 Å². The summed E-state index contributed by atoms with van der Waals surface area (Å²) >= 11 is 0. The summed E-state index contributed by atoms with van der Waals surface area (Å²) in [5.41, 5.74) is 1.35. The first-order chi connectivity index (χ1) is 15.5. The van der Waals surface area contributed by atoms with E-state index >= 15 is 0 Å². The summed E-state index contributed by atoms with van der Waals surface area (Å²) < 4.78 is 50.4. The molecule has 0 aromatic heterocycles. The fourth-order valence-corrected chi connectivity index (χ4v) is 4.93. The molecule has 1 aromatic carbocycles. The van der Waals surface area contributed by atoms with Crippen molar-refractivity contribution in [2.45, 2.75) is 64.7 Å². The van der Waals surface area contributed by atoms with Crippen molar-refractivity contribution in [3.05, 3.63) is 57.9 Å². The number of dihydropyridines is 1. The maximum absolute atomic E-state index is 13.2. The molecule has 178 valence electrons. The number of esters is 1. The number of halogens is 3. The Hall–Kier alpha value is -2.61. The minimum atomic E-state index is -4.48. The molecule has 0 saturated carbocycles. The normalized spacial score (nSPS) is 25.1. The van der Waals surface area contributed by atoms with Crippen LogP contribution in [0.25, 0.3) is 0 Å². The molecule has 33 heavy (non-hydrogen) atoms. The fraction of sp³-hybridized carbons (Fsp3) is 0.520. The number of rotatable bonds is 4. The standard InChI is InChI=1S/C25H28F3NO4/c1-14-20(23(31)33-13-17-5-4-10-32-17)21(15-6-8-16(9-7-15)25(26,27)28)22-18(29-14)11-24(2,3)12-19(22)30/h6-9,17,21,29H,4-5,10-13H2,1-3H3/t17-,21+/m1/s1. The van der Waals surface area contributed by atoms with E-state index in [0.717, 1.165) is 25.0 Å². The van der Waals surface area contributed by atoms with E-state index in [1.165, 1.54) is 12.1 Å². The van der Waals surface area contributed by atoms with E-state index in [9.17, 15) is 22.8 Å². The van der Waals surface area contributed by atoms with Crippen molar-refractivity contribution in [1.82, 2.24) is 5.32 Å². The van der Waals surface area contributed by atoms with Gasteiger partial charge in [0.05, 0.1) is 17.2 Å². The Morgan fingerprint density at radius 2 is 1.91 bits per heavy atom. The molecule has 1 saturated heterocycles. The predicted molar refractivity (Wildman–Crippen MR) is 115 cm³/mol. The molecule has 0 radical (unpaired) electrons. The van der Waals surface area contributed by atoms with Crippen LogP contribution in [0, 0.1) is 5.41 Å². The zero-order valence-corrected chi connectivity index (χ0v) is 19.0. The summed E-state index contributed by atoms with van der Waals surface area (Å²) in [6.45, 7) is 6.44. The number of hydrogen-bond donors (Lipinski definition) is 1. The molecule has 0 amide bonds. The molecule has 2 atom stereocenters. The average Bonchev–Trinajstić information content (AvgIpc) is 3.23. The number of allylic oxidation sites excluding steroid dienone is 3. The van der Waals surface area contributed by atoms with Gasteiger partial charge in [-0.2, -0.15) is 13.2 Å². The van der Waals surface area contributed by atoms with E-state index in [0.29, 0.717) is 42.0 Å². The predicted octanol–water partition coefficient (Wildman–Crippen LogP) is 5.03. The molecule has 0 spiro atoms. The highest BCUT2D eigenvalue weighted by Crippen LogP contribution is 2.47. The summed E-state index contributed by atoms with van der Waals surface area (Å²) in [6.07, 6.45) is -2.04. The molecule has 5 nitrogen and oxygen atoms in total. The highest BCUT2D eigenvalue weighted by molar-refractivity contribution is 6.04. The Kier molecular flexibility index (Phi) is 6.16. The summed E-state index contributed by atoms with van der Waals surface area (Å²) in [4.78, 5) is 26.4. The van der Waals surface area contributed by atoms with Gasteiger partial charge >= 0.3 is 12.1 Å². The number of carbonyl (C=O) groups is 2. The van der Waals surface area contributed by atoms with Gasteiger partial charge in [0.2, 0.25) is 0 Å². The van der Waals surface area contributed by atoms with Crippen molar-refractivity contribution in [2.24, 2.45) is 5.41 Å². The molecule has 0 unspecified atom stereocenters. The van der Waals surface area contributed by atoms with Crippen LogP contribution in [0.1, 0.15) is 63.5 Å². The van der Waals surface area contributed by atoms with Crippen LogP contribution in [0.4, 0.5) is 13.2 Å². The smallest absolute Gasteiger partial charge is 0.416 e. The van der Waals surface area contributed by atoms with Gasteiger partial charge in [0.15, 0.2) is 5.78 Å². The Labute approximate surface area is 191 Å². The molecule has 1 aromatic rings. The second-order valence-electron chi connectivity index (χ2n) is 9.78. The SMILES string of the molecule is CC1=C(C(=O)OC[C@H]2CCCO2)[C@H](c2ccc(C(F)(F)F)cc2)C2=C(CC(C)(C)CC2=O)N1. The van der Waals surface area contributed by atoms with E-state index < -0.39 is 23.6 Å². The van der Waals surface area contributed by atoms with Gasteiger partial charge in [0.1, 0.15) is 6.61 Å². The van der Waals surface area contributed by atoms with Crippen LogP contribution in [0.3, 0.4) is 0 Å². The molecule has 3 aliphatic rings. The van der Waals surface area contributed by atoms with Crippen LogP contribution in [0.2, 0.25) is 0 Å². The van der Waals surface area contributed by atoms with Crippen LogP contribution >= 0.6 is 0 Å². The van der Waals surface area contributed by atoms with Gasteiger partial charge < -0.3 is 14.8 Å². The molecular weight excluding hydrogens is 435 g/mol. The Morgan fingerprint density at radius 1 is 1.21 bits per heavy atom. The highest BCUT2D eigenvalue weighted by atomic mass is 19.4. The number of benzene rings is 1. The number of ketones is 1. The summed E-state index contributed by atoms with van der Waals surface area (Å²) in [5, 5.41) is 3.22. The van der Waals surface area contributed by atoms with Crippen molar-refractivity contribution < 1.29 is 32.2 Å². The van der Waals surface area contributed by atoms with Crippen molar-refractivity contribution in [3.63, 3.8) is 0 Å². The monoisotopic (exact) mass is 463 g/mol. The molecule has 2 heterocycles. The Balaban J connectivity index is 1.73. The van der Waals surface area contributed by atoms with Gasteiger partial charge in [-0.3, -0.25) is 4.79 Å². The van der Waals surface area contributed by atoms with Crippen molar-refractivity contribution in [2.75, 3.05) is 13.2 Å². The van der Waals surface area contributed by atoms with E-state index in [-0.39, 0.29) is 29.5 Å². The second kappa shape index (κ2) is 8.63. The number of alkyl halides is 3. The van der Waals surface area contributed by atoms with E-state index in [2.05, 4.69) is 5.32 Å². The Bertz CT molecular complexity index is 1020. The van der Waals surface area contributed by atoms with E-state index in [1.807, 2.05) is 13.8 Å². The van der Waals surface area contributed by atoms with Crippen LogP contribution in [0.5, 0.6) is 0 Å². The molecule has 1 N–H and O–H groups in total. The molecule has 1 fully saturated rings. The molecule has 0 bridgehead atoms. The molecule has 1 aliphatic carbocycles. The number of ether oxygens (including phenoxy) is 2. The van der Waals surface area contributed by atoms with Gasteiger partial charge in [0.25, 0.3) is 0 Å². The second-order valence-corrected chi connectivity index (χ2v) is 9.78. The maximum atomic E-state index is 13.2. The largest absolute Gasteiger partial charge is 0.459 e. The van der Waals surface area contributed by atoms with Crippen molar-refractivity contribution in [1.29, 1.82) is 0 Å². The first kappa shape index (κ1) is 23.5. The minimum absolute atomic E-state index is 0.0994. The minimum Gasteiger partial charge on any atom is -0.459 e. The van der Waals surface area contributed by atoms with Crippen LogP contribution in [0.15, 0.2) is 46.8 Å². The third kappa shape index (κ3) is 4.86. The average molecular weight is 463 g/mol. The lowest BCUT2D eigenvalue weighted by molar-refractivity contribution is -0.142. The molecule has 4 rings (SSSR count). The molecule has 8 heteroatoms. The van der Waals surface area contributed by atoms with Gasteiger partial charge in [-0.15, -0.1) is 0 Å². The lowest BCUT2D eigenvalue weighted by atomic mass is 9.68. The van der Waals surface area contributed by atoms with Crippen LogP contribution in [-0.2, 0) is 25.2 Å². The van der Waals surface area contributed by atoms with Crippen molar-refractivity contribution >= 4 is 11.8 Å². The van der Waals surface area contributed by atoms with Crippen molar-refractivity contribution in [3.8, 4) is 0 Å². The van der Waals surface area contributed by atoms with Gasteiger partial charge in [-0.25, -0.2) is 4.79 Å². The third-order valence-corrected chi connectivity index (χ3v) is 6.46. The van der Waals surface area contributed by atoms with Crippen LogP contribution in [-0.4, -0.2) is 31.1 Å². The zero-order valence-electron chi connectivity index (χ0n) is 19.0. The quantitative estimate of drug-likeness (QED) is 0.635. The zero-order chi connectivity index (χ0) is 24.0. The van der Waals surface area contributed by atoms with E-state index in [4.69, 9.17) is 9.47 Å². The lowest BCUT2D eigenvalue weighted by Crippen LogP contribution is -2.39. The lowest BCUT2D eigenvalue weighted by Gasteiger charge is -2.39.